The van der Waals surface area contributed by atoms with E-state index in [-0.39, 0.29) is 5.56 Å². The number of hydrogen-bond donors (Lipinski definition) is 4. The summed E-state index contributed by atoms with van der Waals surface area (Å²) in [7, 11) is 0. The SMILES string of the molecule is O=C(O)c1cccc(C(O)C(O)CO)c1F. The van der Waals surface area contributed by atoms with Crippen LogP contribution in [0.1, 0.15) is 22.0 Å². The number of benzene rings is 1. The number of aromatic carboxylic acids is 1. The van der Waals surface area contributed by atoms with Crippen molar-refractivity contribution in [3.05, 3.63) is 35.1 Å². The maximum absolute atomic E-state index is 13.5. The fourth-order valence-corrected chi connectivity index (χ4v) is 1.25. The molecule has 0 amide bonds. The van der Waals surface area contributed by atoms with Gasteiger partial charge in [-0.3, -0.25) is 0 Å². The highest BCUT2D eigenvalue weighted by atomic mass is 19.1. The van der Waals surface area contributed by atoms with Crippen LogP contribution >= 0.6 is 0 Å². The first-order chi connectivity index (χ1) is 7.49. The molecule has 1 aromatic rings. The predicted molar refractivity (Wildman–Crippen MR) is 51.4 cm³/mol. The summed E-state index contributed by atoms with van der Waals surface area (Å²) in [6.45, 7) is -0.752. The summed E-state index contributed by atoms with van der Waals surface area (Å²) in [6.07, 6.45) is -3.22. The van der Waals surface area contributed by atoms with Gasteiger partial charge in [-0.2, -0.15) is 0 Å². The molecule has 0 heterocycles. The molecule has 16 heavy (non-hydrogen) atoms. The lowest BCUT2D eigenvalue weighted by molar-refractivity contribution is -0.0169. The Kier molecular flexibility index (Phi) is 3.94. The molecular formula is C10H11FO5. The van der Waals surface area contributed by atoms with Crippen LogP contribution in [0.5, 0.6) is 0 Å². The number of hydrogen-bond acceptors (Lipinski definition) is 4. The molecule has 0 spiro atoms. The number of carboxylic acid groups (broad SMARTS) is 1. The molecule has 0 aromatic heterocycles. The molecule has 0 saturated carbocycles. The average Bonchev–Trinajstić information content (AvgIpc) is 2.27. The maximum Gasteiger partial charge on any atom is 0.338 e. The van der Waals surface area contributed by atoms with Crippen LogP contribution in [0.15, 0.2) is 18.2 Å². The van der Waals surface area contributed by atoms with E-state index in [0.29, 0.717) is 0 Å². The zero-order chi connectivity index (χ0) is 12.3. The zero-order valence-corrected chi connectivity index (χ0v) is 8.17. The van der Waals surface area contributed by atoms with E-state index in [1.54, 1.807) is 0 Å². The minimum absolute atomic E-state index is 0.360. The summed E-state index contributed by atoms with van der Waals surface area (Å²) >= 11 is 0. The summed E-state index contributed by atoms with van der Waals surface area (Å²) < 4.78 is 13.5. The van der Waals surface area contributed by atoms with E-state index in [4.69, 9.17) is 15.3 Å². The van der Waals surface area contributed by atoms with Gasteiger partial charge in [-0.05, 0) is 6.07 Å². The molecule has 0 aliphatic rings. The van der Waals surface area contributed by atoms with E-state index in [1.807, 2.05) is 0 Å². The number of carbonyl (C=O) groups is 1. The molecule has 88 valence electrons. The standard InChI is InChI=1S/C10H11FO5/c11-8-5(9(14)7(13)4-12)2-1-3-6(8)10(15)16/h1-3,7,9,12-14H,4H2,(H,15,16). The smallest absolute Gasteiger partial charge is 0.338 e. The first kappa shape index (κ1) is 12.6. The molecule has 1 rings (SSSR count). The summed E-state index contributed by atoms with van der Waals surface area (Å²) in [4.78, 5) is 10.6. The number of halogens is 1. The molecule has 4 N–H and O–H groups in total. The fourth-order valence-electron chi connectivity index (χ4n) is 1.25. The molecule has 0 fully saturated rings. The van der Waals surface area contributed by atoms with Gasteiger partial charge in [0.15, 0.2) is 0 Å². The highest BCUT2D eigenvalue weighted by Crippen LogP contribution is 2.22. The highest BCUT2D eigenvalue weighted by molar-refractivity contribution is 5.88. The Bertz CT molecular complexity index is 393. The van der Waals surface area contributed by atoms with Gasteiger partial charge in [0.2, 0.25) is 0 Å². The fraction of sp³-hybridized carbons (Fsp3) is 0.300. The van der Waals surface area contributed by atoms with Gasteiger partial charge in [0.25, 0.3) is 0 Å². The second-order valence-corrected chi connectivity index (χ2v) is 3.21. The van der Waals surface area contributed by atoms with Crippen LogP contribution in [-0.4, -0.2) is 39.1 Å². The minimum Gasteiger partial charge on any atom is -0.478 e. The molecule has 0 saturated heterocycles. The molecule has 0 bridgehead atoms. The van der Waals surface area contributed by atoms with Gasteiger partial charge in [0.05, 0.1) is 12.2 Å². The van der Waals surface area contributed by atoms with E-state index in [0.717, 1.165) is 12.1 Å². The first-order valence-corrected chi connectivity index (χ1v) is 4.47. The Morgan fingerprint density at radius 1 is 1.38 bits per heavy atom. The summed E-state index contributed by atoms with van der Waals surface area (Å²) in [5.41, 5.74) is -0.955. The Morgan fingerprint density at radius 3 is 2.50 bits per heavy atom. The highest BCUT2D eigenvalue weighted by Gasteiger charge is 2.23. The van der Waals surface area contributed by atoms with Crippen molar-refractivity contribution in [1.29, 1.82) is 0 Å². The van der Waals surface area contributed by atoms with E-state index >= 15 is 0 Å². The topological polar surface area (TPSA) is 98.0 Å². The molecule has 1 aromatic carbocycles. The summed E-state index contributed by atoms with van der Waals surface area (Å²) in [6, 6.07) is 3.43. The molecule has 5 nitrogen and oxygen atoms in total. The van der Waals surface area contributed by atoms with E-state index < -0.39 is 36.2 Å². The lowest BCUT2D eigenvalue weighted by Crippen LogP contribution is -2.23. The molecular weight excluding hydrogens is 219 g/mol. The van der Waals surface area contributed by atoms with Crippen LogP contribution in [0.3, 0.4) is 0 Å². The summed E-state index contributed by atoms with van der Waals surface area (Å²) in [5, 5.41) is 35.8. The van der Waals surface area contributed by atoms with Crippen LogP contribution in [-0.2, 0) is 0 Å². The van der Waals surface area contributed by atoms with Crippen LogP contribution in [0.2, 0.25) is 0 Å². The van der Waals surface area contributed by atoms with E-state index in [1.165, 1.54) is 6.07 Å². The lowest BCUT2D eigenvalue weighted by Gasteiger charge is -2.17. The quantitative estimate of drug-likeness (QED) is 0.579. The van der Waals surface area contributed by atoms with Gasteiger partial charge >= 0.3 is 5.97 Å². The van der Waals surface area contributed by atoms with Gasteiger partial charge in [-0.1, -0.05) is 12.1 Å². The van der Waals surface area contributed by atoms with Crippen molar-refractivity contribution in [2.45, 2.75) is 12.2 Å². The van der Waals surface area contributed by atoms with Crippen molar-refractivity contribution >= 4 is 5.97 Å². The molecule has 0 aliphatic carbocycles. The number of rotatable bonds is 4. The third-order valence-electron chi connectivity index (χ3n) is 2.13. The Hall–Kier alpha value is -1.50. The van der Waals surface area contributed by atoms with E-state index in [2.05, 4.69) is 0 Å². The normalized spacial score (nSPS) is 14.5. The average molecular weight is 230 g/mol. The monoisotopic (exact) mass is 230 g/mol. The molecule has 0 aliphatic heterocycles. The van der Waals surface area contributed by atoms with E-state index in [9.17, 15) is 14.3 Å². The Morgan fingerprint density at radius 2 is 2.00 bits per heavy atom. The molecule has 0 radical (unpaired) electrons. The van der Waals surface area contributed by atoms with Gasteiger partial charge in [-0.15, -0.1) is 0 Å². The van der Waals surface area contributed by atoms with Gasteiger partial charge in [0.1, 0.15) is 18.0 Å². The Labute approximate surface area is 90.4 Å². The van der Waals surface area contributed by atoms with Crippen molar-refractivity contribution in [3.8, 4) is 0 Å². The number of aliphatic hydroxyl groups excluding tert-OH is 3. The maximum atomic E-state index is 13.5. The molecule has 2 unspecified atom stereocenters. The second kappa shape index (κ2) is 5.02. The largest absolute Gasteiger partial charge is 0.478 e. The number of aliphatic hydroxyl groups is 3. The number of carboxylic acids is 1. The molecule has 2 atom stereocenters. The van der Waals surface area contributed by atoms with Crippen molar-refractivity contribution in [2.24, 2.45) is 0 Å². The Balaban J connectivity index is 3.15. The third kappa shape index (κ3) is 2.35. The predicted octanol–water partition coefficient (Wildman–Crippen LogP) is -0.0895. The van der Waals surface area contributed by atoms with Crippen molar-refractivity contribution in [1.82, 2.24) is 0 Å². The van der Waals surface area contributed by atoms with Crippen molar-refractivity contribution < 1.29 is 29.6 Å². The van der Waals surface area contributed by atoms with Crippen LogP contribution < -0.4 is 0 Å². The van der Waals surface area contributed by atoms with Crippen LogP contribution in [0, 0.1) is 5.82 Å². The minimum atomic E-state index is -1.66. The zero-order valence-electron chi connectivity index (χ0n) is 8.17. The second-order valence-electron chi connectivity index (χ2n) is 3.21. The van der Waals surface area contributed by atoms with Crippen molar-refractivity contribution in [2.75, 3.05) is 6.61 Å². The lowest BCUT2D eigenvalue weighted by atomic mass is 10.0. The first-order valence-electron chi connectivity index (χ1n) is 4.47. The molecule has 6 heteroatoms. The van der Waals surface area contributed by atoms with Gasteiger partial charge in [-0.25, -0.2) is 9.18 Å². The van der Waals surface area contributed by atoms with Gasteiger partial charge in [0, 0.05) is 5.56 Å². The van der Waals surface area contributed by atoms with Crippen LogP contribution in [0.25, 0.3) is 0 Å². The van der Waals surface area contributed by atoms with Crippen LogP contribution in [0.4, 0.5) is 4.39 Å². The third-order valence-corrected chi connectivity index (χ3v) is 2.13. The van der Waals surface area contributed by atoms with Gasteiger partial charge < -0.3 is 20.4 Å². The summed E-state index contributed by atoms with van der Waals surface area (Å²) in [5.74, 6) is -2.58. The van der Waals surface area contributed by atoms with Crippen molar-refractivity contribution in [3.63, 3.8) is 0 Å².